The minimum absolute atomic E-state index is 0. The molecule has 1 aliphatic heterocycles. The normalized spacial score (nSPS) is 13.5. The Hall–Kier alpha value is -3.57. The van der Waals surface area contributed by atoms with Crippen LogP contribution in [0.3, 0.4) is 0 Å². The van der Waals surface area contributed by atoms with Crippen LogP contribution in [-0.2, 0) is 17.1 Å². The first-order chi connectivity index (χ1) is 14.4. The summed E-state index contributed by atoms with van der Waals surface area (Å²) in [4.78, 5) is 0. The molecule has 1 aliphatic carbocycles. The zero-order valence-electron chi connectivity index (χ0n) is 16.3. The summed E-state index contributed by atoms with van der Waals surface area (Å²) in [5, 5.41) is 1.95. The first kappa shape index (κ1) is 21.1. The molecule has 3 aromatic rings. The smallest absolute Gasteiger partial charge is 0.595 e. The van der Waals surface area contributed by atoms with E-state index in [4.69, 9.17) is 0 Å². The molecule has 0 saturated heterocycles. The molecule has 5 rings (SSSR count). The van der Waals surface area contributed by atoms with Gasteiger partial charge in [0.25, 0.3) is 0 Å². The van der Waals surface area contributed by atoms with Crippen molar-refractivity contribution < 1.29 is 17.1 Å². The summed E-state index contributed by atoms with van der Waals surface area (Å²) in [5.74, 6) is 6.50. The van der Waals surface area contributed by atoms with Crippen LogP contribution in [0.4, 0.5) is 5.69 Å². The van der Waals surface area contributed by atoms with Gasteiger partial charge in [0, 0.05) is 22.5 Å². The van der Waals surface area contributed by atoms with Crippen molar-refractivity contribution in [2.24, 2.45) is 0 Å². The topological polar surface area (TPSA) is 17.3 Å². The minimum atomic E-state index is 0. The molecule has 0 aromatic heterocycles. The summed E-state index contributed by atoms with van der Waals surface area (Å²) in [7, 11) is 0. The molecule has 0 amide bonds. The molecule has 0 atom stereocenters. The fraction of sp³-hybridized carbons (Fsp3) is 0. The molecule has 0 unspecified atom stereocenters. The Kier molecular flexibility index (Phi) is 7.64. The van der Waals surface area contributed by atoms with Gasteiger partial charge >= 0.3 is 17.1 Å². The first-order valence-corrected chi connectivity index (χ1v) is 9.51. The van der Waals surface area contributed by atoms with Crippen molar-refractivity contribution in [2.75, 3.05) is 5.01 Å². The summed E-state index contributed by atoms with van der Waals surface area (Å²) in [6.45, 7) is 0. The van der Waals surface area contributed by atoms with Crippen LogP contribution in [0.2, 0.25) is 0 Å². The van der Waals surface area contributed by atoms with Crippen molar-refractivity contribution in [2.45, 2.75) is 0 Å². The van der Waals surface area contributed by atoms with Gasteiger partial charge in [-0.25, -0.2) is 12.1 Å². The van der Waals surface area contributed by atoms with Crippen molar-refractivity contribution in [3.05, 3.63) is 149 Å². The van der Waals surface area contributed by atoms with E-state index < -0.39 is 0 Å². The van der Waals surface area contributed by atoms with Crippen molar-refractivity contribution >= 4 is 5.69 Å². The summed E-state index contributed by atoms with van der Waals surface area (Å²) in [6.07, 6.45) is 10.1. The number of rotatable bonds is 1. The standard InChI is InChI=1S/C22H15N2.C5H5.Fe/c1-3-9-18(10-4-1)15-16-20-17-23-24(21-13-5-2-6-14-21)22(20)19-11-7-8-12-19;1-2-4-5-3-1;/h1-14,17H;1-5H;/q2*-1;+2. The van der Waals surface area contributed by atoms with Crippen LogP contribution < -0.4 is 5.01 Å². The van der Waals surface area contributed by atoms with Crippen molar-refractivity contribution in [3.63, 3.8) is 0 Å². The van der Waals surface area contributed by atoms with Crippen LogP contribution in [0, 0.1) is 11.8 Å². The molecule has 2 nitrogen and oxygen atoms in total. The molecule has 0 spiro atoms. The average Bonchev–Trinajstić information content (AvgIpc) is 3.57. The van der Waals surface area contributed by atoms with Crippen LogP contribution in [0.25, 0.3) is 5.43 Å². The predicted octanol–water partition coefficient (Wildman–Crippen LogP) is 6.51. The SMILES string of the molecule is C(#Cc1ccccc1)C1=C[N-]N(c2ccccc2)C1=C1C=CC=C1.[Fe+2].c1cc[cH-]c1. The third kappa shape index (κ3) is 5.27. The number of benzene rings is 2. The Morgan fingerprint density at radius 2 is 1.37 bits per heavy atom. The number of nitrogens with zero attached hydrogens (tertiary/aromatic N) is 2. The van der Waals surface area contributed by atoms with E-state index in [0.29, 0.717) is 0 Å². The van der Waals surface area contributed by atoms with Gasteiger partial charge < -0.3 is 10.4 Å². The van der Waals surface area contributed by atoms with E-state index in [9.17, 15) is 0 Å². The van der Waals surface area contributed by atoms with Gasteiger partial charge in [0.2, 0.25) is 0 Å². The van der Waals surface area contributed by atoms with E-state index >= 15 is 0 Å². The Balaban J connectivity index is 0.000000376. The number of hydrogen-bond donors (Lipinski definition) is 0. The summed E-state index contributed by atoms with van der Waals surface area (Å²) < 4.78 is 0. The van der Waals surface area contributed by atoms with Crippen LogP contribution in [-0.4, -0.2) is 0 Å². The van der Waals surface area contributed by atoms with Crippen LogP contribution in [0.15, 0.2) is 138 Å². The number of allylic oxidation sites excluding steroid dienone is 6. The number of para-hydroxylation sites is 1. The molecule has 3 aromatic carbocycles. The molecular weight excluding hydrogens is 408 g/mol. The van der Waals surface area contributed by atoms with Gasteiger partial charge in [-0.05, 0) is 29.8 Å². The Morgan fingerprint density at radius 3 is 1.97 bits per heavy atom. The molecule has 0 saturated carbocycles. The van der Waals surface area contributed by atoms with E-state index in [1.807, 2.05) is 114 Å². The average molecular weight is 428 g/mol. The zero-order chi connectivity index (χ0) is 19.7. The molecule has 146 valence electrons. The maximum atomic E-state index is 4.57. The molecular formula is C27H20FeN2. The second kappa shape index (κ2) is 10.8. The minimum Gasteiger partial charge on any atom is -0.595 e. The molecule has 0 radical (unpaired) electrons. The van der Waals surface area contributed by atoms with E-state index in [1.54, 1.807) is 0 Å². The third-order valence-corrected chi connectivity index (χ3v) is 4.38. The fourth-order valence-corrected chi connectivity index (χ4v) is 3.00. The first-order valence-electron chi connectivity index (χ1n) is 9.51. The molecule has 30 heavy (non-hydrogen) atoms. The second-order valence-corrected chi connectivity index (χ2v) is 6.41. The van der Waals surface area contributed by atoms with Crippen LogP contribution in [0.1, 0.15) is 5.56 Å². The quantitative estimate of drug-likeness (QED) is 0.245. The number of anilines is 1. The van der Waals surface area contributed by atoms with Gasteiger partial charge in [-0.3, -0.25) is 0 Å². The Labute approximate surface area is 188 Å². The van der Waals surface area contributed by atoms with Crippen LogP contribution in [0.5, 0.6) is 0 Å². The Morgan fingerprint density at radius 1 is 0.733 bits per heavy atom. The van der Waals surface area contributed by atoms with Crippen molar-refractivity contribution in [3.8, 4) is 11.8 Å². The molecule has 0 N–H and O–H groups in total. The van der Waals surface area contributed by atoms with Gasteiger partial charge in [-0.1, -0.05) is 72.5 Å². The fourth-order valence-electron chi connectivity index (χ4n) is 3.00. The largest absolute Gasteiger partial charge is 2.00 e. The maximum Gasteiger partial charge on any atom is 2.00 e. The molecule has 2 aliphatic rings. The van der Waals surface area contributed by atoms with E-state index in [2.05, 4.69) is 29.4 Å². The van der Waals surface area contributed by atoms with Gasteiger partial charge in [0.15, 0.2) is 0 Å². The summed E-state index contributed by atoms with van der Waals surface area (Å²) in [6, 6.07) is 30.1. The van der Waals surface area contributed by atoms with Crippen molar-refractivity contribution in [1.29, 1.82) is 0 Å². The van der Waals surface area contributed by atoms with E-state index in [0.717, 1.165) is 28.1 Å². The molecule has 3 heteroatoms. The monoisotopic (exact) mass is 428 g/mol. The van der Waals surface area contributed by atoms with Gasteiger partial charge in [0.05, 0.1) is 0 Å². The van der Waals surface area contributed by atoms with E-state index in [-0.39, 0.29) is 17.1 Å². The van der Waals surface area contributed by atoms with E-state index in [1.165, 1.54) is 0 Å². The van der Waals surface area contributed by atoms with Gasteiger partial charge in [-0.15, -0.1) is 6.20 Å². The molecule has 0 fully saturated rings. The summed E-state index contributed by atoms with van der Waals surface area (Å²) in [5.41, 5.74) is 9.66. The van der Waals surface area contributed by atoms with Crippen molar-refractivity contribution in [1.82, 2.24) is 0 Å². The Bertz CT molecular complexity index is 1080. The third-order valence-electron chi connectivity index (χ3n) is 4.38. The summed E-state index contributed by atoms with van der Waals surface area (Å²) >= 11 is 0. The number of hydrogen-bond acceptors (Lipinski definition) is 1. The van der Waals surface area contributed by atoms with Gasteiger partial charge in [0.1, 0.15) is 0 Å². The zero-order valence-corrected chi connectivity index (χ0v) is 17.4. The maximum absolute atomic E-state index is 4.57. The van der Waals surface area contributed by atoms with Crippen LogP contribution >= 0.6 is 0 Å². The van der Waals surface area contributed by atoms with Gasteiger partial charge in [-0.2, -0.15) is 18.2 Å². The predicted molar refractivity (Wildman–Crippen MR) is 121 cm³/mol. The molecule has 1 heterocycles. The second-order valence-electron chi connectivity index (χ2n) is 6.41. The molecule has 0 bridgehead atoms.